The molecule has 0 radical (unpaired) electrons. The maximum Gasteiger partial charge on any atom is 0.226 e. The molecule has 0 bridgehead atoms. The first-order valence-corrected chi connectivity index (χ1v) is 10.6. The van der Waals surface area contributed by atoms with Gasteiger partial charge in [-0.2, -0.15) is 0 Å². The predicted octanol–water partition coefficient (Wildman–Crippen LogP) is 3.89. The molecule has 1 saturated heterocycles. The highest BCUT2D eigenvalue weighted by molar-refractivity contribution is 7.13. The summed E-state index contributed by atoms with van der Waals surface area (Å²) in [4.78, 5) is 19.2. The Kier molecular flexibility index (Phi) is 7.49. The van der Waals surface area contributed by atoms with Gasteiger partial charge in [0.05, 0.1) is 30.4 Å². The molecular weight excluding hydrogens is 405 g/mol. The molecule has 8 heteroatoms. The zero-order valence-corrected chi connectivity index (χ0v) is 17.5. The summed E-state index contributed by atoms with van der Waals surface area (Å²) >= 11 is 13.7. The number of carbonyl (C=O) groups excluding carboxylic acids is 1. The van der Waals surface area contributed by atoms with Gasteiger partial charge >= 0.3 is 0 Å². The number of carbonyl (C=O) groups is 1. The molecule has 1 aliphatic rings. The van der Waals surface area contributed by atoms with Crippen LogP contribution in [-0.4, -0.2) is 54.7 Å². The summed E-state index contributed by atoms with van der Waals surface area (Å²) < 4.78 is 5.35. The van der Waals surface area contributed by atoms with Crippen molar-refractivity contribution in [1.29, 1.82) is 0 Å². The fraction of sp³-hybridized carbons (Fsp3) is 0.474. The molecule has 2 heterocycles. The van der Waals surface area contributed by atoms with Gasteiger partial charge in [-0.25, -0.2) is 4.98 Å². The highest BCUT2D eigenvalue weighted by atomic mass is 35.5. The van der Waals surface area contributed by atoms with Crippen molar-refractivity contribution in [2.24, 2.45) is 0 Å². The third-order valence-electron chi connectivity index (χ3n) is 4.44. The fourth-order valence-corrected chi connectivity index (χ4v) is 4.35. The minimum atomic E-state index is -0.0106. The lowest BCUT2D eigenvalue weighted by atomic mass is 10.2. The zero-order chi connectivity index (χ0) is 19.2. The van der Waals surface area contributed by atoms with Crippen LogP contribution in [0.2, 0.25) is 10.0 Å². The van der Waals surface area contributed by atoms with E-state index in [1.165, 1.54) is 11.3 Å². The van der Waals surface area contributed by atoms with Crippen LogP contribution in [0.1, 0.15) is 19.0 Å². The van der Waals surface area contributed by atoms with Crippen molar-refractivity contribution in [3.8, 4) is 10.6 Å². The molecule has 0 spiro atoms. The maximum absolute atomic E-state index is 12.3. The quantitative estimate of drug-likeness (QED) is 0.727. The number of amides is 1. The van der Waals surface area contributed by atoms with Gasteiger partial charge in [0.25, 0.3) is 0 Å². The van der Waals surface area contributed by atoms with Crippen molar-refractivity contribution in [3.63, 3.8) is 0 Å². The fourth-order valence-electron chi connectivity index (χ4n) is 2.94. The van der Waals surface area contributed by atoms with Gasteiger partial charge in [0.2, 0.25) is 5.91 Å². The minimum absolute atomic E-state index is 0.0106. The van der Waals surface area contributed by atoms with Crippen LogP contribution in [0.25, 0.3) is 10.6 Å². The van der Waals surface area contributed by atoms with Crippen molar-refractivity contribution in [1.82, 2.24) is 15.2 Å². The largest absolute Gasteiger partial charge is 0.379 e. The Labute approximate surface area is 173 Å². The van der Waals surface area contributed by atoms with Crippen LogP contribution in [-0.2, 0) is 16.0 Å². The van der Waals surface area contributed by atoms with Gasteiger partial charge in [0.15, 0.2) is 0 Å². The topological polar surface area (TPSA) is 54.5 Å². The molecule has 1 atom stereocenters. The smallest absolute Gasteiger partial charge is 0.226 e. The number of benzene rings is 1. The molecule has 1 fully saturated rings. The highest BCUT2D eigenvalue weighted by Crippen LogP contribution is 2.32. The third-order valence-corrected chi connectivity index (χ3v) is 5.92. The first-order valence-electron chi connectivity index (χ1n) is 9.00. The number of nitrogens with zero attached hydrogens (tertiary/aromatic N) is 2. The number of thiazole rings is 1. The molecule has 1 aliphatic heterocycles. The van der Waals surface area contributed by atoms with Crippen molar-refractivity contribution < 1.29 is 9.53 Å². The van der Waals surface area contributed by atoms with E-state index in [2.05, 4.69) is 15.2 Å². The van der Waals surface area contributed by atoms with E-state index in [1.54, 1.807) is 12.1 Å². The molecule has 0 aliphatic carbocycles. The molecule has 1 N–H and O–H groups in total. The van der Waals surface area contributed by atoms with E-state index >= 15 is 0 Å². The van der Waals surface area contributed by atoms with Crippen LogP contribution in [0.4, 0.5) is 0 Å². The van der Waals surface area contributed by atoms with E-state index in [-0.39, 0.29) is 18.4 Å². The van der Waals surface area contributed by atoms with Crippen LogP contribution in [0.3, 0.4) is 0 Å². The number of halogens is 2. The summed E-state index contributed by atoms with van der Waals surface area (Å²) in [6.07, 6.45) is 1.19. The van der Waals surface area contributed by atoms with Gasteiger partial charge in [0, 0.05) is 41.6 Å². The summed E-state index contributed by atoms with van der Waals surface area (Å²) in [6, 6.07) is 5.46. The number of morpholine rings is 1. The summed E-state index contributed by atoms with van der Waals surface area (Å²) in [5, 5.41) is 6.90. The molecule has 2 aromatic rings. The lowest BCUT2D eigenvalue weighted by Crippen LogP contribution is -2.40. The Morgan fingerprint density at radius 2 is 2.15 bits per heavy atom. The van der Waals surface area contributed by atoms with Crippen LogP contribution in [0.5, 0.6) is 0 Å². The molecule has 0 saturated carbocycles. The average molecular weight is 428 g/mol. The van der Waals surface area contributed by atoms with Crippen LogP contribution < -0.4 is 5.32 Å². The second kappa shape index (κ2) is 9.85. The SMILES string of the molecule is CC(CCN1CCOCC1)NC(=O)Cc1csc(-c2ccc(Cl)cc2Cl)n1. The van der Waals surface area contributed by atoms with E-state index in [4.69, 9.17) is 27.9 Å². The Hall–Kier alpha value is -1.18. The zero-order valence-electron chi connectivity index (χ0n) is 15.2. The van der Waals surface area contributed by atoms with E-state index in [9.17, 15) is 4.79 Å². The lowest BCUT2D eigenvalue weighted by Gasteiger charge is -2.27. The number of nitrogens with one attached hydrogen (secondary N) is 1. The molecule has 5 nitrogen and oxygen atoms in total. The summed E-state index contributed by atoms with van der Waals surface area (Å²) in [5.74, 6) is -0.0106. The Morgan fingerprint density at radius 3 is 2.89 bits per heavy atom. The number of aromatic nitrogens is 1. The Bertz CT molecular complexity index is 778. The van der Waals surface area contributed by atoms with Crippen molar-refractivity contribution in [2.75, 3.05) is 32.8 Å². The van der Waals surface area contributed by atoms with Gasteiger partial charge in [-0.15, -0.1) is 11.3 Å². The first-order chi connectivity index (χ1) is 13.0. The predicted molar refractivity (Wildman–Crippen MR) is 111 cm³/mol. The number of hydrogen-bond acceptors (Lipinski definition) is 5. The number of rotatable bonds is 7. The molecule has 3 rings (SSSR count). The minimum Gasteiger partial charge on any atom is -0.379 e. The van der Waals surface area contributed by atoms with Crippen LogP contribution in [0.15, 0.2) is 23.6 Å². The van der Waals surface area contributed by atoms with E-state index < -0.39 is 0 Å². The maximum atomic E-state index is 12.3. The molecule has 1 amide bonds. The molecule has 146 valence electrons. The van der Waals surface area contributed by atoms with Crippen molar-refractivity contribution in [2.45, 2.75) is 25.8 Å². The number of hydrogen-bond donors (Lipinski definition) is 1. The normalized spacial score (nSPS) is 16.3. The van der Waals surface area contributed by atoms with E-state index in [0.717, 1.165) is 55.5 Å². The molecule has 1 unspecified atom stereocenters. The standard InChI is InChI=1S/C19H23Cl2N3O2S/c1-13(4-5-24-6-8-26-9-7-24)22-18(25)11-15-12-27-19(23-15)16-3-2-14(20)10-17(16)21/h2-3,10,12-13H,4-9,11H2,1H3,(H,22,25). The lowest BCUT2D eigenvalue weighted by molar-refractivity contribution is -0.121. The first kappa shape index (κ1) is 20.6. The van der Waals surface area contributed by atoms with Crippen molar-refractivity contribution >= 4 is 40.4 Å². The van der Waals surface area contributed by atoms with E-state index in [0.29, 0.717) is 10.0 Å². The molecular formula is C19H23Cl2N3O2S. The van der Waals surface area contributed by atoms with Gasteiger partial charge in [-0.05, 0) is 31.5 Å². The monoisotopic (exact) mass is 427 g/mol. The van der Waals surface area contributed by atoms with Crippen LogP contribution >= 0.6 is 34.5 Å². The molecule has 1 aromatic heterocycles. The summed E-state index contributed by atoms with van der Waals surface area (Å²) in [7, 11) is 0. The Balaban J connectivity index is 1.48. The molecule has 1 aromatic carbocycles. The summed E-state index contributed by atoms with van der Waals surface area (Å²) in [6.45, 7) is 6.54. The Morgan fingerprint density at radius 1 is 1.37 bits per heavy atom. The number of ether oxygens (including phenoxy) is 1. The van der Waals surface area contributed by atoms with Crippen molar-refractivity contribution in [3.05, 3.63) is 39.3 Å². The van der Waals surface area contributed by atoms with Gasteiger partial charge < -0.3 is 10.1 Å². The van der Waals surface area contributed by atoms with Gasteiger partial charge in [0.1, 0.15) is 5.01 Å². The van der Waals surface area contributed by atoms with Crippen LogP contribution in [0, 0.1) is 0 Å². The van der Waals surface area contributed by atoms with Gasteiger partial charge in [-0.3, -0.25) is 9.69 Å². The second-order valence-corrected chi connectivity index (χ2v) is 8.36. The summed E-state index contributed by atoms with van der Waals surface area (Å²) in [5.41, 5.74) is 1.58. The highest BCUT2D eigenvalue weighted by Gasteiger charge is 2.15. The third kappa shape index (κ3) is 6.16. The van der Waals surface area contributed by atoms with Gasteiger partial charge in [-0.1, -0.05) is 23.2 Å². The second-order valence-electron chi connectivity index (χ2n) is 6.66. The van der Waals surface area contributed by atoms with E-state index in [1.807, 2.05) is 18.4 Å². The average Bonchev–Trinajstić information content (AvgIpc) is 3.08. The molecule has 27 heavy (non-hydrogen) atoms.